The smallest absolute Gasteiger partial charge is 0.240 e. The zero-order chi connectivity index (χ0) is 19.2. The van der Waals surface area contributed by atoms with Crippen LogP contribution in [0.3, 0.4) is 0 Å². The van der Waals surface area contributed by atoms with E-state index < -0.39 is 0 Å². The third kappa shape index (κ3) is 4.93. The second-order valence-corrected chi connectivity index (χ2v) is 6.99. The molecule has 2 aliphatic rings. The molecule has 0 spiro atoms. The van der Waals surface area contributed by atoms with Gasteiger partial charge in [0.25, 0.3) is 0 Å². The molecule has 144 valence electrons. The molecular weight excluding hydrogens is 346 g/mol. The van der Waals surface area contributed by atoms with Crippen molar-refractivity contribution < 1.29 is 19.1 Å². The normalized spacial score (nSPS) is 19.9. The molecule has 2 amide bonds. The summed E-state index contributed by atoms with van der Waals surface area (Å²) in [5.74, 6) is 0.495. The summed E-state index contributed by atoms with van der Waals surface area (Å²) in [6.07, 6.45) is 3.55. The van der Waals surface area contributed by atoms with E-state index in [0.717, 1.165) is 18.6 Å². The number of ether oxygens (including phenoxy) is 1. The summed E-state index contributed by atoms with van der Waals surface area (Å²) < 4.78 is 5.19. The Labute approximate surface area is 158 Å². The van der Waals surface area contributed by atoms with Crippen molar-refractivity contribution in [3.05, 3.63) is 29.8 Å². The predicted molar refractivity (Wildman–Crippen MR) is 101 cm³/mol. The highest BCUT2D eigenvalue weighted by molar-refractivity contribution is 5.99. The van der Waals surface area contributed by atoms with Gasteiger partial charge in [-0.3, -0.25) is 14.4 Å². The number of carbonyl (C=O) groups is 3. The SMILES string of the molecule is COc1cccc(C(=O)C2CCCN(C(=O)CCC3=NNC(=O)CC3)C2)c1. The summed E-state index contributed by atoms with van der Waals surface area (Å²) in [5, 5.41) is 4.01. The number of methoxy groups -OCH3 is 1. The summed E-state index contributed by atoms with van der Waals surface area (Å²) in [6.45, 7) is 1.14. The molecule has 0 radical (unpaired) electrons. The van der Waals surface area contributed by atoms with Crippen molar-refractivity contribution in [1.29, 1.82) is 0 Å². The fourth-order valence-electron chi connectivity index (χ4n) is 3.53. The van der Waals surface area contributed by atoms with Crippen LogP contribution >= 0.6 is 0 Å². The lowest BCUT2D eigenvalue weighted by molar-refractivity contribution is -0.132. The molecule has 0 bridgehead atoms. The highest BCUT2D eigenvalue weighted by Gasteiger charge is 2.29. The van der Waals surface area contributed by atoms with Gasteiger partial charge in [0.15, 0.2) is 5.78 Å². The molecule has 2 heterocycles. The number of Topliss-reactive ketones (excluding diaryl/α,β-unsaturated/α-hetero) is 1. The number of hydrazone groups is 1. The maximum Gasteiger partial charge on any atom is 0.240 e. The van der Waals surface area contributed by atoms with Crippen molar-refractivity contribution in [2.24, 2.45) is 11.0 Å². The zero-order valence-corrected chi connectivity index (χ0v) is 15.6. The van der Waals surface area contributed by atoms with Crippen molar-refractivity contribution in [3.63, 3.8) is 0 Å². The van der Waals surface area contributed by atoms with E-state index in [1.165, 1.54) is 0 Å². The van der Waals surface area contributed by atoms with E-state index in [4.69, 9.17) is 4.74 Å². The standard InChI is InChI=1S/C20H25N3O4/c1-27-17-6-2-4-14(12-17)20(26)15-5-3-11-23(13-15)19(25)10-8-16-7-9-18(24)22-21-16/h2,4,6,12,15H,3,5,7-11,13H2,1H3,(H,22,24). The average molecular weight is 371 g/mol. The van der Waals surface area contributed by atoms with Crippen LogP contribution in [0.2, 0.25) is 0 Å². The fourth-order valence-corrected chi connectivity index (χ4v) is 3.53. The number of nitrogens with one attached hydrogen (secondary N) is 1. The topological polar surface area (TPSA) is 88.1 Å². The summed E-state index contributed by atoms with van der Waals surface area (Å²) in [4.78, 5) is 38.3. The summed E-state index contributed by atoms with van der Waals surface area (Å²) >= 11 is 0. The lowest BCUT2D eigenvalue weighted by Crippen LogP contribution is -2.42. The molecule has 0 aromatic heterocycles. The van der Waals surface area contributed by atoms with Gasteiger partial charge in [-0.25, -0.2) is 5.43 Å². The van der Waals surface area contributed by atoms with Gasteiger partial charge in [0.2, 0.25) is 11.8 Å². The summed E-state index contributed by atoms with van der Waals surface area (Å²) in [5.41, 5.74) is 3.93. The van der Waals surface area contributed by atoms with E-state index in [0.29, 0.717) is 50.1 Å². The van der Waals surface area contributed by atoms with Crippen LogP contribution in [0.15, 0.2) is 29.4 Å². The number of hydrogen-bond acceptors (Lipinski definition) is 5. The molecule has 1 saturated heterocycles. The zero-order valence-electron chi connectivity index (χ0n) is 15.6. The Morgan fingerprint density at radius 1 is 1.33 bits per heavy atom. The highest BCUT2D eigenvalue weighted by Crippen LogP contribution is 2.23. The van der Waals surface area contributed by atoms with Crippen LogP contribution in [0.25, 0.3) is 0 Å². The monoisotopic (exact) mass is 371 g/mol. The van der Waals surface area contributed by atoms with E-state index in [1.54, 1.807) is 24.1 Å². The van der Waals surface area contributed by atoms with E-state index in [-0.39, 0.29) is 23.5 Å². The van der Waals surface area contributed by atoms with Gasteiger partial charge in [-0.05, 0) is 37.8 Å². The summed E-state index contributed by atoms with van der Waals surface area (Å²) in [6, 6.07) is 7.16. The van der Waals surface area contributed by atoms with Crippen LogP contribution in [-0.4, -0.2) is 48.4 Å². The minimum absolute atomic E-state index is 0.0396. The molecular formula is C20H25N3O4. The maximum atomic E-state index is 12.8. The molecule has 2 aliphatic heterocycles. The van der Waals surface area contributed by atoms with Crippen LogP contribution in [0.5, 0.6) is 5.75 Å². The molecule has 27 heavy (non-hydrogen) atoms. The Morgan fingerprint density at radius 3 is 2.93 bits per heavy atom. The first kappa shape index (κ1) is 19.1. The first-order valence-electron chi connectivity index (χ1n) is 9.37. The van der Waals surface area contributed by atoms with Crippen LogP contribution in [0.4, 0.5) is 0 Å². The Bertz CT molecular complexity index is 759. The number of carbonyl (C=O) groups excluding carboxylic acids is 3. The number of benzene rings is 1. The quantitative estimate of drug-likeness (QED) is 0.776. The van der Waals surface area contributed by atoms with Gasteiger partial charge in [-0.15, -0.1) is 0 Å². The Kier molecular flexibility index (Phi) is 6.21. The third-order valence-electron chi connectivity index (χ3n) is 5.11. The van der Waals surface area contributed by atoms with Crippen molar-refractivity contribution in [2.45, 2.75) is 38.5 Å². The number of rotatable bonds is 6. The van der Waals surface area contributed by atoms with E-state index in [9.17, 15) is 14.4 Å². The van der Waals surface area contributed by atoms with Gasteiger partial charge >= 0.3 is 0 Å². The molecule has 1 N–H and O–H groups in total. The number of likely N-dealkylation sites (tertiary alicyclic amines) is 1. The van der Waals surface area contributed by atoms with Crippen LogP contribution in [-0.2, 0) is 9.59 Å². The average Bonchev–Trinajstić information content (AvgIpc) is 2.72. The molecule has 0 saturated carbocycles. The third-order valence-corrected chi connectivity index (χ3v) is 5.11. The van der Waals surface area contributed by atoms with Crippen molar-refractivity contribution in [1.82, 2.24) is 10.3 Å². The van der Waals surface area contributed by atoms with Gasteiger partial charge in [0.05, 0.1) is 7.11 Å². The number of hydrogen-bond donors (Lipinski definition) is 1. The predicted octanol–water partition coefficient (Wildman–Crippen LogP) is 2.16. The molecule has 7 nitrogen and oxygen atoms in total. The molecule has 1 fully saturated rings. The lowest BCUT2D eigenvalue weighted by atomic mass is 9.89. The van der Waals surface area contributed by atoms with Crippen molar-refractivity contribution in [3.8, 4) is 5.75 Å². The van der Waals surface area contributed by atoms with Gasteiger partial charge < -0.3 is 9.64 Å². The molecule has 1 atom stereocenters. The molecule has 0 aliphatic carbocycles. The van der Waals surface area contributed by atoms with Gasteiger partial charge in [0.1, 0.15) is 5.75 Å². The molecule has 7 heteroatoms. The fraction of sp³-hybridized carbons (Fsp3) is 0.500. The minimum Gasteiger partial charge on any atom is -0.497 e. The van der Waals surface area contributed by atoms with E-state index >= 15 is 0 Å². The van der Waals surface area contributed by atoms with Crippen LogP contribution in [0, 0.1) is 5.92 Å². The number of piperidine rings is 1. The van der Waals surface area contributed by atoms with Crippen LogP contribution < -0.4 is 10.2 Å². The molecule has 3 rings (SSSR count). The maximum absolute atomic E-state index is 12.8. The number of ketones is 1. The molecule has 1 aromatic rings. The van der Waals surface area contributed by atoms with Gasteiger partial charge in [-0.1, -0.05) is 12.1 Å². The van der Waals surface area contributed by atoms with Crippen molar-refractivity contribution >= 4 is 23.3 Å². The number of nitrogens with zero attached hydrogens (tertiary/aromatic N) is 2. The van der Waals surface area contributed by atoms with E-state index in [1.807, 2.05) is 12.1 Å². The highest BCUT2D eigenvalue weighted by atomic mass is 16.5. The first-order chi connectivity index (χ1) is 13.1. The Balaban J connectivity index is 1.55. The molecule has 1 aromatic carbocycles. The second-order valence-electron chi connectivity index (χ2n) is 6.99. The largest absolute Gasteiger partial charge is 0.497 e. The summed E-state index contributed by atoms with van der Waals surface area (Å²) in [7, 11) is 1.58. The number of amides is 2. The lowest BCUT2D eigenvalue weighted by Gasteiger charge is -2.32. The van der Waals surface area contributed by atoms with Gasteiger partial charge in [0, 0.05) is 43.1 Å². The van der Waals surface area contributed by atoms with Crippen molar-refractivity contribution in [2.75, 3.05) is 20.2 Å². The Hall–Kier alpha value is -2.70. The minimum atomic E-state index is -0.180. The Morgan fingerprint density at radius 2 is 2.19 bits per heavy atom. The first-order valence-corrected chi connectivity index (χ1v) is 9.37. The molecule has 1 unspecified atom stereocenters. The van der Waals surface area contributed by atoms with Crippen LogP contribution in [0.1, 0.15) is 48.9 Å². The van der Waals surface area contributed by atoms with Gasteiger partial charge in [-0.2, -0.15) is 5.10 Å². The second kappa shape index (κ2) is 8.79. The van der Waals surface area contributed by atoms with E-state index in [2.05, 4.69) is 10.5 Å².